The van der Waals surface area contributed by atoms with E-state index in [9.17, 15) is 21.6 Å². The molecule has 0 unspecified atom stereocenters. The molecule has 0 radical (unpaired) electrons. The molecule has 0 aliphatic heterocycles. The number of rotatable bonds is 4. The minimum atomic E-state index is -4.77. The standard InChI is InChI=1S/C13H14F3NO3S/c14-13(15,16)20-11-8-6-10(7-9-11)17-21(18,19)12-4-2-1-3-5-12/h4,6-9,17H,1-3,5H2. The van der Waals surface area contributed by atoms with Crippen LogP contribution in [0.2, 0.25) is 0 Å². The van der Waals surface area contributed by atoms with Crippen molar-refractivity contribution in [1.82, 2.24) is 0 Å². The van der Waals surface area contributed by atoms with Crippen LogP contribution in [0.15, 0.2) is 35.2 Å². The van der Waals surface area contributed by atoms with E-state index < -0.39 is 22.1 Å². The van der Waals surface area contributed by atoms with Gasteiger partial charge in [-0.1, -0.05) is 6.08 Å². The van der Waals surface area contributed by atoms with Crippen molar-refractivity contribution >= 4 is 15.7 Å². The molecule has 0 heterocycles. The average molecular weight is 321 g/mol. The van der Waals surface area contributed by atoms with Crippen molar-refractivity contribution in [3.8, 4) is 5.75 Å². The van der Waals surface area contributed by atoms with Crippen molar-refractivity contribution in [3.63, 3.8) is 0 Å². The van der Waals surface area contributed by atoms with Crippen LogP contribution >= 0.6 is 0 Å². The van der Waals surface area contributed by atoms with Crippen LogP contribution in [0.4, 0.5) is 18.9 Å². The number of hydrogen-bond donors (Lipinski definition) is 1. The summed E-state index contributed by atoms with van der Waals surface area (Å²) in [7, 11) is -3.64. The maximum absolute atomic E-state index is 12.1. The molecule has 8 heteroatoms. The second-order valence-electron chi connectivity index (χ2n) is 4.59. The summed E-state index contributed by atoms with van der Waals surface area (Å²) in [5.74, 6) is -0.401. The van der Waals surface area contributed by atoms with Gasteiger partial charge in [-0.05, 0) is 49.9 Å². The first-order valence-corrected chi connectivity index (χ1v) is 7.82. The predicted octanol–water partition coefficient (Wildman–Crippen LogP) is 3.78. The zero-order chi connectivity index (χ0) is 15.5. The topological polar surface area (TPSA) is 55.4 Å². The van der Waals surface area contributed by atoms with Crippen molar-refractivity contribution < 1.29 is 26.3 Å². The summed E-state index contributed by atoms with van der Waals surface area (Å²) in [6, 6.07) is 4.56. The van der Waals surface area contributed by atoms with Gasteiger partial charge in [-0.2, -0.15) is 0 Å². The SMILES string of the molecule is O=S(=O)(Nc1ccc(OC(F)(F)F)cc1)C1=CCCCC1. The predicted molar refractivity (Wildman–Crippen MR) is 72.2 cm³/mol. The Kier molecular flexibility index (Phi) is 4.46. The van der Waals surface area contributed by atoms with Crippen LogP contribution in [-0.4, -0.2) is 14.8 Å². The van der Waals surface area contributed by atoms with Crippen LogP contribution in [0.25, 0.3) is 0 Å². The van der Waals surface area contributed by atoms with Crippen molar-refractivity contribution in [2.24, 2.45) is 0 Å². The van der Waals surface area contributed by atoms with E-state index >= 15 is 0 Å². The van der Waals surface area contributed by atoms with E-state index in [2.05, 4.69) is 9.46 Å². The number of anilines is 1. The summed E-state index contributed by atoms with van der Waals surface area (Å²) >= 11 is 0. The number of allylic oxidation sites excluding steroid dienone is 2. The fourth-order valence-electron chi connectivity index (χ4n) is 2.00. The van der Waals surface area contributed by atoms with Gasteiger partial charge in [0.15, 0.2) is 0 Å². The molecule has 2 rings (SSSR count). The average Bonchev–Trinajstić information content (AvgIpc) is 2.40. The molecule has 0 saturated carbocycles. The number of benzene rings is 1. The van der Waals surface area contributed by atoms with Gasteiger partial charge in [-0.3, -0.25) is 4.72 Å². The number of halogens is 3. The molecule has 21 heavy (non-hydrogen) atoms. The lowest BCUT2D eigenvalue weighted by Gasteiger charge is -2.15. The van der Waals surface area contributed by atoms with Gasteiger partial charge < -0.3 is 4.74 Å². The fourth-order valence-corrected chi connectivity index (χ4v) is 3.33. The van der Waals surface area contributed by atoms with Gasteiger partial charge in [0, 0.05) is 5.69 Å². The maximum atomic E-state index is 12.1. The van der Waals surface area contributed by atoms with Gasteiger partial charge in [0.2, 0.25) is 0 Å². The summed E-state index contributed by atoms with van der Waals surface area (Å²) < 4.78 is 66.3. The van der Waals surface area contributed by atoms with E-state index in [0.717, 1.165) is 25.0 Å². The van der Waals surface area contributed by atoms with E-state index in [0.29, 0.717) is 17.7 Å². The van der Waals surface area contributed by atoms with Crippen molar-refractivity contribution in [1.29, 1.82) is 0 Å². The number of nitrogens with one attached hydrogen (secondary N) is 1. The summed E-state index contributed by atoms with van der Waals surface area (Å²) in [4.78, 5) is 0.323. The van der Waals surface area contributed by atoms with Crippen molar-refractivity contribution in [3.05, 3.63) is 35.2 Å². The molecule has 0 spiro atoms. The number of ether oxygens (including phenoxy) is 1. The summed E-state index contributed by atoms with van der Waals surface area (Å²) in [5.41, 5.74) is 0.191. The highest BCUT2D eigenvalue weighted by Crippen LogP contribution is 2.27. The first-order valence-electron chi connectivity index (χ1n) is 6.34. The maximum Gasteiger partial charge on any atom is 0.573 e. The van der Waals surface area contributed by atoms with Gasteiger partial charge >= 0.3 is 6.36 Å². The lowest BCUT2D eigenvalue weighted by molar-refractivity contribution is -0.274. The largest absolute Gasteiger partial charge is 0.573 e. The molecule has 116 valence electrons. The molecule has 0 aromatic heterocycles. The van der Waals surface area contributed by atoms with Crippen LogP contribution in [0.1, 0.15) is 25.7 Å². The van der Waals surface area contributed by atoms with Crippen molar-refractivity contribution in [2.75, 3.05) is 4.72 Å². The van der Waals surface area contributed by atoms with Gasteiger partial charge in [0.05, 0.1) is 4.91 Å². The summed E-state index contributed by atoms with van der Waals surface area (Å²) in [5, 5.41) is 0. The van der Waals surface area contributed by atoms with Gasteiger partial charge in [-0.15, -0.1) is 13.2 Å². The highest BCUT2D eigenvalue weighted by Gasteiger charge is 2.31. The van der Waals surface area contributed by atoms with Gasteiger partial charge in [0.25, 0.3) is 10.0 Å². The third-order valence-electron chi connectivity index (χ3n) is 2.93. The Bertz CT molecular complexity index is 621. The lowest BCUT2D eigenvalue weighted by atomic mass is 10.1. The molecule has 1 aliphatic rings. The fraction of sp³-hybridized carbons (Fsp3) is 0.385. The number of alkyl halides is 3. The Morgan fingerprint density at radius 1 is 1.10 bits per heavy atom. The Labute approximate surface area is 120 Å². The molecule has 0 saturated heterocycles. The zero-order valence-electron chi connectivity index (χ0n) is 11.0. The molecular formula is C13H14F3NO3S. The minimum absolute atomic E-state index is 0.191. The van der Waals surface area contributed by atoms with Gasteiger partial charge in [0.1, 0.15) is 5.75 Å². The monoisotopic (exact) mass is 321 g/mol. The molecule has 1 N–H and O–H groups in total. The molecular weight excluding hydrogens is 307 g/mol. The highest BCUT2D eigenvalue weighted by atomic mass is 32.2. The minimum Gasteiger partial charge on any atom is -0.406 e. The van der Waals surface area contributed by atoms with E-state index in [4.69, 9.17) is 0 Å². The second kappa shape index (κ2) is 5.97. The van der Waals surface area contributed by atoms with Crippen LogP contribution in [0.5, 0.6) is 5.75 Å². The number of sulfonamides is 1. The van der Waals surface area contributed by atoms with E-state index in [1.165, 1.54) is 12.1 Å². The van der Waals surface area contributed by atoms with Crippen LogP contribution in [-0.2, 0) is 10.0 Å². The lowest BCUT2D eigenvalue weighted by Crippen LogP contribution is -2.18. The smallest absolute Gasteiger partial charge is 0.406 e. The van der Waals surface area contributed by atoms with Gasteiger partial charge in [-0.25, -0.2) is 8.42 Å². The molecule has 1 aromatic carbocycles. The first-order chi connectivity index (χ1) is 9.76. The van der Waals surface area contributed by atoms with E-state index in [1.54, 1.807) is 6.08 Å². The Hall–Kier alpha value is -1.70. The summed E-state index contributed by atoms with van der Waals surface area (Å²) in [6.07, 6.45) is -0.131. The molecule has 0 amide bonds. The molecule has 1 aliphatic carbocycles. The third kappa shape index (κ3) is 4.66. The summed E-state index contributed by atoms with van der Waals surface area (Å²) in [6.45, 7) is 0. The van der Waals surface area contributed by atoms with Crippen LogP contribution in [0.3, 0.4) is 0 Å². The first kappa shape index (κ1) is 15.7. The quantitative estimate of drug-likeness (QED) is 0.918. The zero-order valence-corrected chi connectivity index (χ0v) is 11.8. The Morgan fingerprint density at radius 2 is 1.76 bits per heavy atom. The van der Waals surface area contributed by atoms with E-state index in [1.807, 2.05) is 0 Å². The molecule has 1 aromatic rings. The molecule has 0 bridgehead atoms. The Morgan fingerprint density at radius 3 is 2.29 bits per heavy atom. The third-order valence-corrected chi connectivity index (χ3v) is 4.50. The van der Waals surface area contributed by atoms with E-state index in [-0.39, 0.29) is 5.69 Å². The second-order valence-corrected chi connectivity index (χ2v) is 6.33. The van der Waals surface area contributed by atoms with Crippen LogP contribution in [0, 0.1) is 0 Å². The molecule has 0 fully saturated rings. The van der Waals surface area contributed by atoms with Crippen LogP contribution < -0.4 is 9.46 Å². The molecule has 0 atom stereocenters. The number of hydrogen-bond acceptors (Lipinski definition) is 3. The normalized spacial score (nSPS) is 16.2. The highest BCUT2D eigenvalue weighted by molar-refractivity contribution is 7.96. The van der Waals surface area contributed by atoms with Crippen molar-refractivity contribution in [2.45, 2.75) is 32.0 Å². The Balaban J connectivity index is 2.08. The molecule has 4 nitrogen and oxygen atoms in total.